The highest BCUT2D eigenvalue weighted by atomic mass is 35.5. The zero-order valence-electron chi connectivity index (χ0n) is 10.2. The molecule has 1 atom stereocenters. The summed E-state index contributed by atoms with van der Waals surface area (Å²) in [4.78, 5) is 11.3. The van der Waals surface area contributed by atoms with E-state index >= 15 is 0 Å². The molecule has 2 aromatic rings. The van der Waals surface area contributed by atoms with E-state index in [2.05, 4.69) is 5.32 Å². The van der Waals surface area contributed by atoms with Crippen LogP contribution in [0.1, 0.15) is 18.5 Å². The van der Waals surface area contributed by atoms with Crippen molar-refractivity contribution in [1.82, 2.24) is 9.88 Å². The molecule has 0 radical (unpaired) electrons. The van der Waals surface area contributed by atoms with Crippen molar-refractivity contribution in [3.8, 4) is 0 Å². The first kappa shape index (κ1) is 13.2. The van der Waals surface area contributed by atoms with E-state index < -0.39 is 0 Å². The van der Waals surface area contributed by atoms with E-state index in [0.29, 0.717) is 5.02 Å². The van der Waals surface area contributed by atoms with Gasteiger partial charge >= 0.3 is 0 Å². The lowest BCUT2D eigenvalue weighted by molar-refractivity contribution is -0.119. The molecule has 1 aromatic carbocycles. The van der Waals surface area contributed by atoms with Crippen LogP contribution in [0, 0.1) is 0 Å². The number of nitrogens with zero attached hydrogens (tertiary/aromatic N) is 1. The smallest absolute Gasteiger partial charge is 0.235 e. The lowest BCUT2D eigenvalue weighted by Gasteiger charge is -2.12. The molecule has 0 saturated heterocycles. The number of aromatic nitrogens is 1. The van der Waals surface area contributed by atoms with Crippen molar-refractivity contribution in [3.05, 3.63) is 35.0 Å². The van der Waals surface area contributed by atoms with E-state index in [1.165, 1.54) is 0 Å². The van der Waals surface area contributed by atoms with Crippen molar-refractivity contribution in [2.24, 2.45) is 7.05 Å². The summed E-state index contributed by atoms with van der Waals surface area (Å²) in [5.41, 5.74) is 2.10. The van der Waals surface area contributed by atoms with Gasteiger partial charge in [-0.3, -0.25) is 4.79 Å². The van der Waals surface area contributed by atoms with Gasteiger partial charge in [-0.1, -0.05) is 17.7 Å². The van der Waals surface area contributed by atoms with Gasteiger partial charge in [0.15, 0.2) is 0 Å². The maximum atomic E-state index is 11.3. The zero-order chi connectivity index (χ0) is 13.3. The van der Waals surface area contributed by atoms with Crippen LogP contribution in [0.2, 0.25) is 5.02 Å². The highest BCUT2D eigenvalue weighted by Crippen LogP contribution is 2.28. The van der Waals surface area contributed by atoms with Crippen molar-refractivity contribution in [2.45, 2.75) is 13.0 Å². The molecular weight excluding hydrogens is 271 g/mol. The number of hydrogen-bond acceptors (Lipinski definition) is 1. The summed E-state index contributed by atoms with van der Waals surface area (Å²) in [5.74, 6) is -0.198. The zero-order valence-corrected chi connectivity index (χ0v) is 11.7. The monoisotopic (exact) mass is 284 g/mol. The Morgan fingerprint density at radius 2 is 2.22 bits per heavy atom. The van der Waals surface area contributed by atoms with Crippen LogP contribution in [-0.2, 0) is 11.8 Å². The van der Waals surface area contributed by atoms with E-state index in [1.54, 1.807) is 0 Å². The Balaban J connectivity index is 2.42. The summed E-state index contributed by atoms with van der Waals surface area (Å²) < 4.78 is 2.00. The van der Waals surface area contributed by atoms with Crippen LogP contribution in [0.25, 0.3) is 10.9 Å². The third-order valence-corrected chi connectivity index (χ3v) is 3.43. The van der Waals surface area contributed by atoms with Crippen LogP contribution in [0.4, 0.5) is 0 Å². The van der Waals surface area contributed by atoms with Crippen LogP contribution in [-0.4, -0.2) is 16.4 Å². The number of benzene rings is 1. The third kappa shape index (κ3) is 2.47. The van der Waals surface area contributed by atoms with Crippen LogP contribution < -0.4 is 5.32 Å². The summed E-state index contributed by atoms with van der Waals surface area (Å²) in [6, 6.07) is 5.65. The predicted octanol–water partition coefficient (Wildman–Crippen LogP) is 3.25. The molecule has 1 amide bonds. The van der Waals surface area contributed by atoms with Crippen molar-refractivity contribution in [3.63, 3.8) is 0 Å². The van der Waals surface area contributed by atoms with E-state index in [4.69, 9.17) is 23.2 Å². The molecule has 3 nitrogen and oxygen atoms in total. The molecule has 18 heavy (non-hydrogen) atoms. The number of halogens is 2. The first-order valence-corrected chi connectivity index (χ1v) is 6.54. The standard InChI is InChI=1S/C13H14Cl2N2O/c1-8(16-13(18)6-14)11-7-17(2)12-5-9(15)3-4-10(11)12/h3-5,7-8H,6H2,1-2H3,(H,16,18). The molecule has 2 rings (SSSR count). The topological polar surface area (TPSA) is 34.0 Å². The molecule has 0 fully saturated rings. The third-order valence-electron chi connectivity index (χ3n) is 2.95. The van der Waals surface area contributed by atoms with Gasteiger partial charge in [0.2, 0.25) is 5.91 Å². The fraction of sp³-hybridized carbons (Fsp3) is 0.308. The van der Waals surface area contributed by atoms with E-state index in [9.17, 15) is 4.79 Å². The summed E-state index contributed by atoms with van der Waals surface area (Å²) in [6.07, 6.45) is 2.00. The number of carbonyl (C=O) groups is 1. The number of aryl methyl sites for hydroxylation is 1. The molecule has 0 saturated carbocycles. The minimum absolute atomic E-state index is 0.0269. The fourth-order valence-electron chi connectivity index (χ4n) is 2.09. The molecule has 0 bridgehead atoms. The van der Waals surface area contributed by atoms with Gasteiger partial charge in [-0.15, -0.1) is 11.6 Å². The number of carbonyl (C=O) groups excluding carboxylic acids is 1. The number of fused-ring (bicyclic) bond motifs is 1. The second-order valence-electron chi connectivity index (χ2n) is 4.28. The van der Waals surface area contributed by atoms with Crippen molar-refractivity contribution in [1.29, 1.82) is 0 Å². The van der Waals surface area contributed by atoms with Gasteiger partial charge in [-0.2, -0.15) is 0 Å². The van der Waals surface area contributed by atoms with Crippen molar-refractivity contribution >= 4 is 40.0 Å². The van der Waals surface area contributed by atoms with Crippen LogP contribution in [0.5, 0.6) is 0 Å². The molecule has 96 valence electrons. The quantitative estimate of drug-likeness (QED) is 0.863. The van der Waals surface area contributed by atoms with E-state index in [0.717, 1.165) is 16.5 Å². The van der Waals surface area contributed by atoms with E-state index in [1.807, 2.05) is 42.9 Å². The molecule has 0 aliphatic heterocycles. The summed E-state index contributed by atoms with van der Waals surface area (Å²) in [7, 11) is 1.96. The molecule has 1 unspecified atom stereocenters. The van der Waals surface area contributed by atoms with Gasteiger partial charge in [0.25, 0.3) is 0 Å². The second-order valence-corrected chi connectivity index (χ2v) is 4.98. The van der Waals surface area contributed by atoms with E-state index in [-0.39, 0.29) is 17.8 Å². The molecule has 1 heterocycles. The maximum Gasteiger partial charge on any atom is 0.235 e. The number of alkyl halides is 1. The Labute approximate surface area is 116 Å². The molecule has 1 aromatic heterocycles. The first-order valence-electron chi connectivity index (χ1n) is 5.62. The van der Waals surface area contributed by atoms with Gasteiger partial charge < -0.3 is 9.88 Å². The molecule has 0 aliphatic rings. The SMILES string of the molecule is CC(NC(=O)CCl)c1cn(C)c2cc(Cl)ccc12. The van der Waals surface area contributed by atoms with Gasteiger partial charge in [0.05, 0.1) is 6.04 Å². The molecular formula is C13H14Cl2N2O. The number of amides is 1. The number of nitrogens with one attached hydrogen (secondary N) is 1. The second kappa shape index (κ2) is 5.21. The maximum absolute atomic E-state index is 11.3. The summed E-state index contributed by atoms with van der Waals surface area (Å²) in [5, 5.41) is 4.64. The Morgan fingerprint density at radius 1 is 1.50 bits per heavy atom. The number of hydrogen-bond donors (Lipinski definition) is 1. The Morgan fingerprint density at radius 3 is 2.89 bits per heavy atom. The summed E-state index contributed by atoms with van der Waals surface area (Å²) in [6.45, 7) is 1.94. The van der Waals surface area contributed by atoms with Gasteiger partial charge in [0, 0.05) is 29.2 Å². The Kier molecular flexibility index (Phi) is 3.83. The fourth-order valence-corrected chi connectivity index (χ4v) is 2.33. The average molecular weight is 285 g/mol. The van der Waals surface area contributed by atoms with Crippen LogP contribution in [0.15, 0.2) is 24.4 Å². The van der Waals surface area contributed by atoms with Gasteiger partial charge in [-0.25, -0.2) is 0 Å². The normalized spacial score (nSPS) is 12.7. The lowest BCUT2D eigenvalue weighted by Crippen LogP contribution is -2.27. The van der Waals surface area contributed by atoms with Crippen molar-refractivity contribution in [2.75, 3.05) is 5.88 Å². The minimum Gasteiger partial charge on any atom is -0.350 e. The molecule has 1 N–H and O–H groups in total. The van der Waals surface area contributed by atoms with Crippen LogP contribution >= 0.6 is 23.2 Å². The molecule has 5 heteroatoms. The Bertz CT molecular complexity index is 592. The lowest BCUT2D eigenvalue weighted by atomic mass is 10.1. The number of rotatable bonds is 3. The highest BCUT2D eigenvalue weighted by Gasteiger charge is 2.14. The van der Waals surface area contributed by atoms with Crippen molar-refractivity contribution < 1.29 is 4.79 Å². The molecule has 0 aliphatic carbocycles. The average Bonchev–Trinajstić information content (AvgIpc) is 2.66. The highest BCUT2D eigenvalue weighted by molar-refractivity contribution is 6.31. The first-order chi connectivity index (χ1) is 8.52. The molecule has 0 spiro atoms. The predicted molar refractivity (Wildman–Crippen MR) is 75.2 cm³/mol. The largest absolute Gasteiger partial charge is 0.350 e. The van der Waals surface area contributed by atoms with Crippen LogP contribution in [0.3, 0.4) is 0 Å². The summed E-state index contributed by atoms with van der Waals surface area (Å²) >= 11 is 11.5. The van der Waals surface area contributed by atoms with Gasteiger partial charge in [-0.05, 0) is 24.6 Å². The minimum atomic E-state index is -0.171. The Hall–Kier alpha value is -1.19. The van der Waals surface area contributed by atoms with Gasteiger partial charge in [0.1, 0.15) is 5.88 Å².